The van der Waals surface area contributed by atoms with Gasteiger partial charge in [0, 0.05) is 49.9 Å². The maximum Gasteiger partial charge on any atom is 0.303 e. The molecule has 0 radical (unpaired) electrons. The minimum absolute atomic E-state index is 0.0384. The van der Waals surface area contributed by atoms with Gasteiger partial charge in [-0.15, -0.1) is 0 Å². The first kappa shape index (κ1) is 34.4. The number of hydrogen-bond donors (Lipinski definition) is 2. The Morgan fingerprint density at radius 3 is 2.40 bits per heavy atom. The fraction of sp³-hybridized carbons (Fsp3) is 0.588. The minimum atomic E-state index is -0.897. The van der Waals surface area contributed by atoms with Crippen molar-refractivity contribution in [2.75, 3.05) is 14.2 Å². The molecule has 6 atom stereocenters. The molecule has 1 aliphatic heterocycles. The second kappa shape index (κ2) is 15.5. The van der Waals surface area contributed by atoms with Crippen molar-refractivity contribution in [2.24, 2.45) is 17.8 Å². The third-order valence-corrected chi connectivity index (χ3v) is 8.46. The van der Waals surface area contributed by atoms with Crippen LogP contribution in [0.25, 0.3) is 0 Å². The number of carbonyl (C=O) groups excluding carboxylic acids is 4. The summed E-state index contributed by atoms with van der Waals surface area (Å²) >= 11 is 0. The molecule has 0 spiro atoms. The van der Waals surface area contributed by atoms with Crippen molar-refractivity contribution >= 4 is 23.4 Å². The fourth-order valence-corrected chi connectivity index (χ4v) is 5.73. The molecular formula is C34H47NO8. The molecule has 236 valence electrons. The molecule has 2 bridgehead atoms. The highest BCUT2D eigenvalue weighted by Crippen LogP contribution is 2.37. The van der Waals surface area contributed by atoms with Gasteiger partial charge in [0.1, 0.15) is 6.10 Å². The summed E-state index contributed by atoms with van der Waals surface area (Å²) in [4.78, 5) is 52.0. The number of ketones is 2. The molecule has 3 rings (SSSR count). The van der Waals surface area contributed by atoms with Crippen LogP contribution < -0.4 is 5.32 Å². The van der Waals surface area contributed by atoms with Crippen molar-refractivity contribution in [1.29, 1.82) is 0 Å². The number of aliphatic hydroxyl groups is 1. The number of amides is 1. The number of aliphatic hydroxyl groups excluding tert-OH is 1. The molecule has 0 aromatic carbocycles. The first-order chi connectivity index (χ1) is 20.4. The first-order valence-corrected chi connectivity index (χ1v) is 15.1. The topological polar surface area (TPSA) is 128 Å². The predicted octanol–water partition coefficient (Wildman–Crippen LogP) is 4.46. The Bertz CT molecular complexity index is 1230. The van der Waals surface area contributed by atoms with E-state index in [4.69, 9.17) is 14.2 Å². The van der Waals surface area contributed by atoms with E-state index in [9.17, 15) is 24.3 Å². The Labute approximate surface area is 255 Å². The van der Waals surface area contributed by atoms with Gasteiger partial charge in [0.2, 0.25) is 5.78 Å². The monoisotopic (exact) mass is 597 g/mol. The Hall–Kier alpha value is -3.14. The van der Waals surface area contributed by atoms with E-state index >= 15 is 0 Å². The normalized spacial score (nSPS) is 33.1. The summed E-state index contributed by atoms with van der Waals surface area (Å²) in [5, 5.41) is 14.0. The molecule has 0 aromatic rings. The second-order valence-electron chi connectivity index (χ2n) is 12.2. The molecule has 0 saturated heterocycles. The molecule has 0 aromatic heterocycles. The zero-order valence-corrected chi connectivity index (χ0v) is 26.5. The van der Waals surface area contributed by atoms with Crippen LogP contribution in [0, 0.1) is 17.8 Å². The van der Waals surface area contributed by atoms with E-state index in [2.05, 4.69) is 5.32 Å². The Balaban J connectivity index is 2.04. The zero-order chi connectivity index (χ0) is 31.8. The molecular weight excluding hydrogens is 550 g/mol. The average Bonchev–Trinajstić information content (AvgIpc) is 3.78. The lowest BCUT2D eigenvalue weighted by Gasteiger charge is -2.30. The van der Waals surface area contributed by atoms with Crippen LogP contribution in [-0.2, 0) is 33.4 Å². The van der Waals surface area contributed by atoms with Gasteiger partial charge in [-0.3, -0.25) is 19.2 Å². The maximum atomic E-state index is 13.7. The minimum Gasteiger partial charge on any atom is -0.455 e. The van der Waals surface area contributed by atoms with E-state index in [1.54, 1.807) is 25.2 Å². The number of allylic oxidation sites excluding steroid dienone is 5. The van der Waals surface area contributed by atoms with Gasteiger partial charge in [-0.1, -0.05) is 51.0 Å². The van der Waals surface area contributed by atoms with Gasteiger partial charge in [-0.2, -0.15) is 0 Å². The number of nitrogens with one attached hydrogen (secondary N) is 1. The number of methoxy groups -OCH3 is 2. The maximum absolute atomic E-state index is 13.7. The number of carbonyl (C=O) groups is 4. The molecule has 1 unspecified atom stereocenters. The summed E-state index contributed by atoms with van der Waals surface area (Å²) < 4.78 is 16.9. The largest absolute Gasteiger partial charge is 0.455 e. The lowest BCUT2D eigenvalue weighted by molar-refractivity contribution is -0.149. The van der Waals surface area contributed by atoms with Crippen molar-refractivity contribution in [3.8, 4) is 0 Å². The van der Waals surface area contributed by atoms with E-state index < -0.39 is 36.3 Å². The van der Waals surface area contributed by atoms with Crippen molar-refractivity contribution in [1.82, 2.24) is 5.32 Å². The second-order valence-corrected chi connectivity index (χ2v) is 12.2. The van der Waals surface area contributed by atoms with Crippen molar-refractivity contribution in [3.63, 3.8) is 0 Å². The lowest BCUT2D eigenvalue weighted by Crippen LogP contribution is -2.36. The van der Waals surface area contributed by atoms with Crippen LogP contribution in [0.4, 0.5) is 0 Å². The fourth-order valence-electron chi connectivity index (χ4n) is 5.73. The van der Waals surface area contributed by atoms with Gasteiger partial charge in [0.05, 0.1) is 17.9 Å². The molecule has 9 nitrogen and oxygen atoms in total. The summed E-state index contributed by atoms with van der Waals surface area (Å²) in [6.45, 7) is 8.55. The molecule has 1 fully saturated rings. The zero-order valence-electron chi connectivity index (χ0n) is 26.5. The smallest absolute Gasteiger partial charge is 0.303 e. The van der Waals surface area contributed by atoms with E-state index in [1.807, 2.05) is 26.8 Å². The number of Topliss-reactive ketones (excluding diaryl/α,β-unsaturated/α-hetero) is 1. The molecule has 2 aliphatic carbocycles. The first-order valence-electron chi connectivity index (χ1n) is 15.1. The van der Waals surface area contributed by atoms with Crippen LogP contribution in [0.15, 0.2) is 58.4 Å². The van der Waals surface area contributed by atoms with Gasteiger partial charge in [0.25, 0.3) is 5.91 Å². The van der Waals surface area contributed by atoms with Gasteiger partial charge >= 0.3 is 5.97 Å². The number of fused-ring (bicyclic) bond motifs is 2. The number of hydrogen-bond acceptors (Lipinski definition) is 8. The van der Waals surface area contributed by atoms with E-state index in [0.29, 0.717) is 47.5 Å². The highest BCUT2D eigenvalue weighted by molar-refractivity contribution is 6.23. The van der Waals surface area contributed by atoms with Crippen molar-refractivity contribution < 1.29 is 38.5 Å². The predicted molar refractivity (Wildman–Crippen MR) is 163 cm³/mol. The standard InChI is InChI=1S/C34H47NO8/c1-19-15-26-25(14-13-24-11-12-24)28(37)18-27(32(26)39)35-34(40)20(2)9-8-10-29(41-6)33(43-23(5)36)22(4)17-21(3)31(38)30(16-19)42-7/h8-10,17-19,21,24,29-31,33,38H,11-16H2,1-7H3,(H,35,40)/b10-8-,20-9+,22-17+/t19-,21+,29+,30+,31-,33?/m1/s1. The summed E-state index contributed by atoms with van der Waals surface area (Å²) in [6.07, 6.45) is 9.43. The number of ether oxygens (including phenoxy) is 3. The van der Waals surface area contributed by atoms with Crippen LogP contribution in [0.2, 0.25) is 0 Å². The van der Waals surface area contributed by atoms with E-state index in [1.165, 1.54) is 27.2 Å². The molecule has 3 aliphatic rings. The Kier molecular flexibility index (Phi) is 12.4. The molecule has 2 N–H and O–H groups in total. The Morgan fingerprint density at radius 1 is 1.09 bits per heavy atom. The third-order valence-electron chi connectivity index (χ3n) is 8.46. The third kappa shape index (κ3) is 9.42. The summed E-state index contributed by atoms with van der Waals surface area (Å²) in [5.41, 5.74) is 1.90. The Morgan fingerprint density at radius 2 is 1.79 bits per heavy atom. The summed E-state index contributed by atoms with van der Waals surface area (Å²) in [5.74, 6) is -1.50. The number of esters is 1. The van der Waals surface area contributed by atoms with Gasteiger partial charge < -0.3 is 24.6 Å². The van der Waals surface area contributed by atoms with Crippen molar-refractivity contribution in [3.05, 3.63) is 58.4 Å². The molecule has 1 saturated carbocycles. The summed E-state index contributed by atoms with van der Waals surface area (Å²) in [7, 11) is 3.02. The highest BCUT2D eigenvalue weighted by Gasteiger charge is 2.34. The average molecular weight is 598 g/mol. The molecule has 1 amide bonds. The lowest BCUT2D eigenvalue weighted by atomic mass is 9.82. The highest BCUT2D eigenvalue weighted by atomic mass is 16.6. The molecule has 1 heterocycles. The van der Waals surface area contributed by atoms with Crippen molar-refractivity contribution in [2.45, 2.75) is 97.6 Å². The van der Waals surface area contributed by atoms with Crippen LogP contribution in [0.1, 0.15) is 73.1 Å². The quantitative estimate of drug-likeness (QED) is 0.261. The SMILES string of the molecule is CO[C@H]1/C=C\C=C(/C)C(=O)NC2=CC(=O)C(CCC3CC3)=C(C[C@@H](C)C[C@H](OC)[C@H](O)[C@@H](C)/C=C(\C)C1OC(C)=O)C2=O. The van der Waals surface area contributed by atoms with E-state index in [0.717, 1.165) is 19.3 Å². The van der Waals surface area contributed by atoms with E-state index in [-0.39, 0.29) is 29.1 Å². The number of rotatable bonds is 6. The van der Waals surface area contributed by atoms with Gasteiger partial charge in [0.15, 0.2) is 11.9 Å². The van der Waals surface area contributed by atoms with Crippen LogP contribution >= 0.6 is 0 Å². The van der Waals surface area contributed by atoms with Crippen LogP contribution in [0.5, 0.6) is 0 Å². The van der Waals surface area contributed by atoms with Gasteiger partial charge in [-0.05, 0) is 56.9 Å². The van der Waals surface area contributed by atoms with Crippen LogP contribution in [-0.4, -0.2) is 67.2 Å². The van der Waals surface area contributed by atoms with Gasteiger partial charge in [-0.25, -0.2) is 0 Å². The molecule has 9 heteroatoms. The molecule has 43 heavy (non-hydrogen) atoms. The van der Waals surface area contributed by atoms with Crippen LogP contribution in [0.3, 0.4) is 0 Å². The summed E-state index contributed by atoms with van der Waals surface area (Å²) in [6, 6.07) is 0.